The van der Waals surface area contributed by atoms with E-state index in [-0.39, 0.29) is 5.78 Å². The van der Waals surface area contributed by atoms with Crippen molar-refractivity contribution < 1.29 is 4.79 Å². The number of nitrogens with two attached hydrogens (primary N) is 1. The molecule has 0 saturated heterocycles. The topological polar surface area (TPSA) is 43.1 Å². The highest BCUT2D eigenvalue weighted by Gasteiger charge is 2.27. The monoisotopic (exact) mass is 205 g/mol. The second-order valence-corrected chi connectivity index (χ2v) is 4.36. The fraction of sp³-hybridized carbons (Fsp3) is 0.462. The van der Waals surface area contributed by atoms with Gasteiger partial charge in [0.05, 0.1) is 5.54 Å². The summed E-state index contributed by atoms with van der Waals surface area (Å²) in [5, 5.41) is 0. The summed E-state index contributed by atoms with van der Waals surface area (Å²) in [6.07, 6.45) is 1.64. The van der Waals surface area contributed by atoms with E-state index in [1.165, 1.54) is 0 Å². The minimum absolute atomic E-state index is 0.0318. The van der Waals surface area contributed by atoms with Crippen molar-refractivity contribution in [1.82, 2.24) is 0 Å². The number of carbonyl (C=O) groups is 1. The highest BCUT2D eigenvalue weighted by Crippen LogP contribution is 2.16. The Morgan fingerprint density at radius 1 is 1.33 bits per heavy atom. The van der Waals surface area contributed by atoms with Gasteiger partial charge in [-0.2, -0.15) is 0 Å². The fourth-order valence-electron chi connectivity index (χ4n) is 1.67. The molecule has 2 heteroatoms. The lowest BCUT2D eigenvalue weighted by Crippen LogP contribution is -2.44. The molecule has 0 aliphatic rings. The van der Waals surface area contributed by atoms with Crippen molar-refractivity contribution in [3.63, 3.8) is 0 Å². The van der Waals surface area contributed by atoms with Gasteiger partial charge >= 0.3 is 0 Å². The van der Waals surface area contributed by atoms with Gasteiger partial charge in [-0.3, -0.25) is 4.79 Å². The first-order valence-electron chi connectivity index (χ1n) is 5.37. The van der Waals surface area contributed by atoms with Gasteiger partial charge in [0.2, 0.25) is 0 Å². The van der Waals surface area contributed by atoms with Crippen molar-refractivity contribution in [2.75, 3.05) is 0 Å². The Bertz CT molecular complexity index is 338. The Morgan fingerprint density at radius 2 is 1.87 bits per heavy atom. The van der Waals surface area contributed by atoms with Crippen LogP contribution in [0.2, 0.25) is 0 Å². The summed E-state index contributed by atoms with van der Waals surface area (Å²) in [4.78, 5) is 12.0. The van der Waals surface area contributed by atoms with Gasteiger partial charge < -0.3 is 5.73 Å². The lowest BCUT2D eigenvalue weighted by Gasteiger charge is -2.22. The molecule has 0 spiro atoms. The highest BCUT2D eigenvalue weighted by molar-refractivity contribution is 6.02. The van der Waals surface area contributed by atoms with Crippen LogP contribution in [0.5, 0.6) is 0 Å². The van der Waals surface area contributed by atoms with Crippen molar-refractivity contribution in [2.45, 2.75) is 39.2 Å². The quantitative estimate of drug-likeness (QED) is 0.768. The van der Waals surface area contributed by atoms with Gasteiger partial charge in [0.1, 0.15) is 0 Å². The van der Waals surface area contributed by atoms with E-state index in [1.54, 1.807) is 6.92 Å². The lowest BCUT2D eigenvalue weighted by atomic mass is 9.88. The molecule has 0 aliphatic carbocycles. The zero-order valence-corrected chi connectivity index (χ0v) is 9.71. The molecule has 0 aromatic heterocycles. The van der Waals surface area contributed by atoms with E-state index in [0.29, 0.717) is 5.56 Å². The summed E-state index contributed by atoms with van der Waals surface area (Å²) in [6, 6.07) is 7.57. The average molecular weight is 205 g/mol. The number of carbonyl (C=O) groups excluding carboxylic acids is 1. The third-order valence-electron chi connectivity index (χ3n) is 2.60. The third kappa shape index (κ3) is 2.90. The van der Waals surface area contributed by atoms with E-state index in [1.807, 2.05) is 38.1 Å². The maximum absolute atomic E-state index is 12.0. The maximum Gasteiger partial charge on any atom is 0.182 e. The molecule has 0 bridgehead atoms. The maximum atomic E-state index is 12.0. The zero-order valence-electron chi connectivity index (χ0n) is 9.71. The predicted octanol–water partition coefficient (Wildman–Crippen LogP) is 2.70. The molecule has 15 heavy (non-hydrogen) atoms. The van der Waals surface area contributed by atoms with Crippen LogP contribution in [0, 0.1) is 6.92 Å². The lowest BCUT2D eigenvalue weighted by molar-refractivity contribution is 0.0893. The van der Waals surface area contributed by atoms with E-state index >= 15 is 0 Å². The Balaban J connectivity index is 2.89. The summed E-state index contributed by atoms with van der Waals surface area (Å²) < 4.78 is 0. The van der Waals surface area contributed by atoms with Crippen LogP contribution in [0.15, 0.2) is 24.3 Å². The first kappa shape index (κ1) is 11.9. The molecule has 1 unspecified atom stereocenters. The van der Waals surface area contributed by atoms with Crippen LogP contribution in [-0.2, 0) is 0 Å². The van der Waals surface area contributed by atoms with Crippen LogP contribution < -0.4 is 5.73 Å². The number of Topliss-reactive ketones (excluding diaryl/α,β-unsaturated/α-hetero) is 1. The molecule has 0 fully saturated rings. The molecule has 82 valence electrons. The van der Waals surface area contributed by atoms with Gasteiger partial charge in [-0.1, -0.05) is 43.2 Å². The number of hydrogen-bond donors (Lipinski definition) is 1. The van der Waals surface area contributed by atoms with Crippen molar-refractivity contribution in [1.29, 1.82) is 0 Å². The molecule has 0 amide bonds. The summed E-state index contributed by atoms with van der Waals surface area (Å²) in [5.74, 6) is 0.0318. The SMILES string of the molecule is CCCC(C)(N)C(=O)c1ccc(C)cc1. The van der Waals surface area contributed by atoms with Crippen molar-refractivity contribution in [2.24, 2.45) is 5.73 Å². The summed E-state index contributed by atoms with van der Waals surface area (Å²) in [5.41, 5.74) is 7.12. The van der Waals surface area contributed by atoms with Gasteiger partial charge in [-0.15, -0.1) is 0 Å². The van der Waals surface area contributed by atoms with Crippen LogP contribution in [0.4, 0.5) is 0 Å². The van der Waals surface area contributed by atoms with E-state index in [2.05, 4.69) is 0 Å². The van der Waals surface area contributed by atoms with Gasteiger partial charge in [0, 0.05) is 5.56 Å². The first-order valence-corrected chi connectivity index (χ1v) is 5.37. The highest BCUT2D eigenvalue weighted by atomic mass is 16.1. The standard InChI is InChI=1S/C13H19NO/c1-4-9-13(3,14)12(15)11-7-5-10(2)6-8-11/h5-8H,4,9,14H2,1-3H3. The predicted molar refractivity (Wildman–Crippen MR) is 63.0 cm³/mol. The molecule has 1 aromatic rings. The second-order valence-electron chi connectivity index (χ2n) is 4.36. The van der Waals surface area contributed by atoms with Gasteiger partial charge in [0.15, 0.2) is 5.78 Å². The van der Waals surface area contributed by atoms with Crippen LogP contribution in [0.3, 0.4) is 0 Å². The molecule has 0 aliphatic heterocycles. The largest absolute Gasteiger partial charge is 0.319 e. The van der Waals surface area contributed by atoms with Gasteiger partial charge in [0.25, 0.3) is 0 Å². The first-order chi connectivity index (χ1) is 6.97. The molecular formula is C13H19NO. The fourth-order valence-corrected chi connectivity index (χ4v) is 1.67. The van der Waals surface area contributed by atoms with E-state index in [9.17, 15) is 4.79 Å². The molecule has 1 aromatic carbocycles. The smallest absolute Gasteiger partial charge is 0.182 e. The number of hydrogen-bond acceptors (Lipinski definition) is 2. The number of benzene rings is 1. The molecular weight excluding hydrogens is 186 g/mol. The van der Waals surface area contributed by atoms with Crippen LogP contribution in [0.25, 0.3) is 0 Å². The van der Waals surface area contributed by atoms with Crippen molar-refractivity contribution >= 4 is 5.78 Å². The number of rotatable bonds is 4. The van der Waals surface area contributed by atoms with Gasteiger partial charge in [-0.25, -0.2) is 0 Å². The number of ketones is 1. The molecule has 1 rings (SSSR count). The Kier molecular flexibility index (Phi) is 3.64. The van der Waals surface area contributed by atoms with Crippen LogP contribution in [-0.4, -0.2) is 11.3 Å². The third-order valence-corrected chi connectivity index (χ3v) is 2.60. The summed E-state index contributed by atoms with van der Waals surface area (Å²) in [6.45, 7) is 5.84. The minimum Gasteiger partial charge on any atom is -0.319 e. The Morgan fingerprint density at radius 3 is 2.33 bits per heavy atom. The summed E-state index contributed by atoms with van der Waals surface area (Å²) >= 11 is 0. The molecule has 1 atom stereocenters. The number of aryl methyl sites for hydroxylation is 1. The van der Waals surface area contributed by atoms with Gasteiger partial charge in [-0.05, 0) is 20.3 Å². The van der Waals surface area contributed by atoms with E-state index in [0.717, 1.165) is 18.4 Å². The van der Waals surface area contributed by atoms with E-state index in [4.69, 9.17) is 5.73 Å². The summed E-state index contributed by atoms with van der Waals surface area (Å²) in [7, 11) is 0. The normalized spacial score (nSPS) is 14.7. The zero-order chi connectivity index (χ0) is 11.5. The molecule has 2 N–H and O–H groups in total. The average Bonchev–Trinajstić information content (AvgIpc) is 2.18. The van der Waals surface area contributed by atoms with Crippen molar-refractivity contribution in [3.05, 3.63) is 35.4 Å². The molecule has 0 radical (unpaired) electrons. The molecule has 2 nitrogen and oxygen atoms in total. The molecule has 0 heterocycles. The van der Waals surface area contributed by atoms with Crippen molar-refractivity contribution in [3.8, 4) is 0 Å². The second kappa shape index (κ2) is 4.58. The Hall–Kier alpha value is -1.15. The van der Waals surface area contributed by atoms with Crippen LogP contribution in [0.1, 0.15) is 42.6 Å². The Labute approximate surface area is 91.5 Å². The van der Waals surface area contributed by atoms with Crippen LogP contribution >= 0.6 is 0 Å². The minimum atomic E-state index is -0.732. The van der Waals surface area contributed by atoms with E-state index < -0.39 is 5.54 Å². The molecule has 0 saturated carbocycles.